The van der Waals surface area contributed by atoms with Crippen molar-refractivity contribution in [1.29, 1.82) is 0 Å². The number of hydrogen-bond donors (Lipinski definition) is 1. The van der Waals surface area contributed by atoms with Crippen LogP contribution >= 0.6 is 15.9 Å². The first kappa shape index (κ1) is 17.0. The Kier molecular flexibility index (Phi) is 5.86. The Morgan fingerprint density at radius 1 is 1.38 bits per heavy atom. The molecule has 1 aromatic heterocycles. The maximum atomic E-state index is 5.60. The van der Waals surface area contributed by atoms with E-state index >= 15 is 0 Å². The van der Waals surface area contributed by atoms with Gasteiger partial charge >= 0.3 is 0 Å². The molecule has 0 unspecified atom stereocenters. The summed E-state index contributed by atoms with van der Waals surface area (Å²) in [5.41, 5.74) is 2.71. The largest absolute Gasteiger partial charge is 0.381 e. The molecule has 0 aliphatic carbocycles. The normalized spacial score (nSPS) is 18.4. The Balaban J connectivity index is 2.22. The van der Waals surface area contributed by atoms with Crippen molar-refractivity contribution in [1.82, 2.24) is 15.1 Å². The van der Waals surface area contributed by atoms with Crippen LogP contribution in [0.2, 0.25) is 0 Å². The molecular formula is C16H28BrN3O. The standard InChI is InChI=1S/C16H28BrN3O/c1-5-20-14(15(17)13(4)19-20)10-16(11-18-12(2)3)6-8-21-9-7-16/h12,18H,5-11H2,1-4H3. The molecule has 120 valence electrons. The number of halogens is 1. The van der Waals surface area contributed by atoms with Gasteiger partial charge in [0.2, 0.25) is 0 Å². The topological polar surface area (TPSA) is 39.1 Å². The van der Waals surface area contributed by atoms with E-state index < -0.39 is 0 Å². The first-order chi connectivity index (χ1) is 9.97. The fraction of sp³-hybridized carbons (Fsp3) is 0.812. The summed E-state index contributed by atoms with van der Waals surface area (Å²) in [5, 5.41) is 8.28. The molecule has 2 heterocycles. The number of aromatic nitrogens is 2. The van der Waals surface area contributed by atoms with Gasteiger partial charge in [0.15, 0.2) is 0 Å². The predicted molar refractivity (Wildman–Crippen MR) is 89.7 cm³/mol. The molecule has 0 amide bonds. The lowest BCUT2D eigenvalue weighted by atomic mass is 9.76. The molecule has 0 bridgehead atoms. The zero-order valence-electron chi connectivity index (χ0n) is 13.7. The van der Waals surface area contributed by atoms with Crippen LogP contribution in [0.1, 0.15) is 45.0 Å². The van der Waals surface area contributed by atoms with Gasteiger partial charge in [-0.2, -0.15) is 5.10 Å². The van der Waals surface area contributed by atoms with Crippen LogP contribution in [0, 0.1) is 12.3 Å². The second kappa shape index (κ2) is 7.25. The van der Waals surface area contributed by atoms with Gasteiger partial charge in [0.25, 0.3) is 0 Å². The second-order valence-corrected chi connectivity index (χ2v) is 7.28. The molecule has 0 saturated carbocycles. The Morgan fingerprint density at radius 3 is 2.62 bits per heavy atom. The summed E-state index contributed by atoms with van der Waals surface area (Å²) < 4.78 is 8.92. The van der Waals surface area contributed by atoms with Crippen molar-refractivity contribution in [3.63, 3.8) is 0 Å². The van der Waals surface area contributed by atoms with Gasteiger partial charge in [0, 0.05) is 32.3 Å². The van der Waals surface area contributed by atoms with E-state index in [1.165, 1.54) is 10.2 Å². The van der Waals surface area contributed by atoms with Crippen LogP contribution in [0.25, 0.3) is 0 Å². The van der Waals surface area contributed by atoms with E-state index in [0.29, 0.717) is 6.04 Å². The van der Waals surface area contributed by atoms with Crippen LogP contribution in [-0.4, -0.2) is 35.6 Å². The highest BCUT2D eigenvalue weighted by atomic mass is 79.9. The molecule has 1 aromatic rings. The summed E-state index contributed by atoms with van der Waals surface area (Å²) in [6.45, 7) is 12.4. The van der Waals surface area contributed by atoms with Crippen LogP contribution < -0.4 is 5.32 Å². The lowest BCUT2D eigenvalue weighted by Crippen LogP contribution is -2.43. The SMILES string of the molecule is CCn1nc(C)c(Br)c1CC1(CNC(C)C)CCOCC1. The number of rotatable bonds is 6. The molecule has 1 aliphatic heterocycles. The molecule has 1 saturated heterocycles. The van der Waals surface area contributed by atoms with Crippen LogP contribution in [-0.2, 0) is 17.7 Å². The lowest BCUT2D eigenvalue weighted by Gasteiger charge is -2.38. The molecule has 0 atom stereocenters. The number of hydrogen-bond acceptors (Lipinski definition) is 3. The average Bonchev–Trinajstić information content (AvgIpc) is 2.74. The molecule has 1 aliphatic rings. The van der Waals surface area contributed by atoms with Crippen molar-refractivity contribution >= 4 is 15.9 Å². The lowest BCUT2D eigenvalue weighted by molar-refractivity contribution is 0.0130. The Labute approximate surface area is 136 Å². The molecule has 5 heteroatoms. The maximum absolute atomic E-state index is 5.60. The van der Waals surface area contributed by atoms with E-state index in [9.17, 15) is 0 Å². The van der Waals surface area contributed by atoms with Crippen LogP contribution in [0.4, 0.5) is 0 Å². The van der Waals surface area contributed by atoms with Gasteiger partial charge in [-0.3, -0.25) is 4.68 Å². The smallest absolute Gasteiger partial charge is 0.0738 e. The summed E-state index contributed by atoms with van der Waals surface area (Å²) in [6.07, 6.45) is 3.30. The van der Waals surface area contributed by atoms with Gasteiger partial charge in [0.05, 0.1) is 15.9 Å². The molecule has 0 aromatic carbocycles. The highest BCUT2D eigenvalue weighted by Gasteiger charge is 2.34. The highest BCUT2D eigenvalue weighted by Crippen LogP contribution is 2.36. The molecule has 21 heavy (non-hydrogen) atoms. The van der Waals surface area contributed by atoms with Crippen molar-refractivity contribution in [2.24, 2.45) is 5.41 Å². The van der Waals surface area contributed by atoms with Crippen LogP contribution in [0.15, 0.2) is 4.47 Å². The van der Waals surface area contributed by atoms with Crippen molar-refractivity contribution in [2.45, 2.75) is 59.5 Å². The number of aryl methyl sites for hydroxylation is 2. The van der Waals surface area contributed by atoms with E-state index in [-0.39, 0.29) is 5.41 Å². The van der Waals surface area contributed by atoms with Crippen LogP contribution in [0.3, 0.4) is 0 Å². The first-order valence-electron chi connectivity index (χ1n) is 8.00. The molecule has 2 rings (SSSR count). The molecule has 0 spiro atoms. The quantitative estimate of drug-likeness (QED) is 0.848. The average molecular weight is 358 g/mol. The zero-order chi connectivity index (χ0) is 15.5. The molecule has 0 radical (unpaired) electrons. The molecule has 1 N–H and O–H groups in total. The van der Waals surface area contributed by atoms with Crippen molar-refractivity contribution in [2.75, 3.05) is 19.8 Å². The van der Waals surface area contributed by atoms with E-state index in [4.69, 9.17) is 4.74 Å². The first-order valence-corrected chi connectivity index (χ1v) is 8.79. The third kappa shape index (κ3) is 4.08. The minimum Gasteiger partial charge on any atom is -0.381 e. The molecule has 4 nitrogen and oxygen atoms in total. The van der Waals surface area contributed by atoms with Gasteiger partial charge in [-0.25, -0.2) is 0 Å². The summed E-state index contributed by atoms with van der Waals surface area (Å²) in [5.74, 6) is 0. The summed E-state index contributed by atoms with van der Waals surface area (Å²) in [6, 6.07) is 0.519. The van der Waals surface area contributed by atoms with E-state index in [2.05, 4.69) is 58.7 Å². The predicted octanol–water partition coefficient (Wildman–Crippen LogP) is 3.31. The van der Waals surface area contributed by atoms with Gasteiger partial charge < -0.3 is 10.1 Å². The summed E-state index contributed by atoms with van der Waals surface area (Å²) in [4.78, 5) is 0. The number of nitrogens with one attached hydrogen (secondary N) is 1. The van der Waals surface area contributed by atoms with Crippen molar-refractivity contribution in [3.05, 3.63) is 15.9 Å². The highest BCUT2D eigenvalue weighted by molar-refractivity contribution is 9.10. The Morgan fingerprint density at radius 2 is 2.05 bits per heavy atom. The minimum absolute atomic E-state index is 0.282. The van der Waals surface area contributed by atoms with Crippen molar-refractivity contribution in [3.8, 4) is 0 Å². The molecule has 1 fully saturated rings. The van der Waals surface area contributed by atoms with Crippen LogP contribution in [0.5, 0.6) is 0 Å². The van der Waals surface area contributed by atoms with Crippen molar-refractivity contribution < 1.29 is 4.74 Å². The molecular weight excluding hydrogens is 330 g/mol. The fourth-order valence-corrected chi connectivity index (χ4v) is 3.46. The summed E-state index contributed by atoms with van der Waals surface area (Å²) >= 11 is 3.74. The minimum atomic E-state index is 0.282. The fourth-order valence-electron chi connectivity index (χ4n) is 3.03. The second-order valence-electron chi connectivity index (χ2n) is 6.49. The third-order valence-corrected chi connectivity index (χ3v) is 5.47. The van der Waals surface area contributed by atoms with Gasteiger partial charge in [-0.15, -0.1) is 0 Å². The number of nitrogens with zero attached hydrogens (tertiary/aromatic N) is 2. The van der Waals surface area contributed by atoms with E-state index in [0.717, 1.165) is 51.3 Å². The maximum Gasteiger partial charge on any atom is 0.0738 e. The Bertz CT molecular complexity index is 464. The van der Waals surface area contributed by atoms with Gasteiger partial charge in [-0.05, 0) is 54.5 Å². The summed E-state index contributed by atoms with van der Waals surface area (Å²) in [7, 11) is 0. The van der Waals surface area contributed by atoms with Gasteiger partial charge in [0.1, 0.15) is 0 Å². The third-order valence-electron chi connectivity index (χ3n) is 4.43. The monoisotopic (exact) mass is 357 g/mol. The number of ether oxygens (including phenoxy) is 1. The van der Waals surface area contributed by atoms with E-state index in [1.54, 1.807) is 0 Å². The Hall–Kier alpha value is -0.390. The zero-order valence-corrected chi connectivity index (χ0v) is 15.3. The van der Waals surface area contributed by atoms with Gasteiger partial charge in [-0.1, -0.05) is 13.8 Å². The van der Waals surface area contributed by atoms with E-state index in [1.807, 2.05) is 0 Å².